The zero-order valence-electron chi connectivity index (χ0n) is 10.7. The molecule has 0 aliphatic carbocycles. The van der Waals surface area contributed by atoms with Crippen molar-refractivity contribution in [3.05, 3.63) is 29.8 Å². The molecular weight excluding hydrogens is 228 g/mol. The van der Waals surface area contributed by atoms with Gasteiger partial charge in [-0.25, -0.2) is 0 Å². The molecule has 2 rings (SSSR count). The molecule has 1 aromatic rings. The summed E-state index contributed by atoms with van der Waals surface area (Å²) in [6.45, 7) is 2.68. The number of nitrogens with one attached hydrogen (secondary N) is 1. The minimum Gasteiger partial charge on any atom is -0.481 e. The van der Waals surface area contributed by atoms with E-state index in [4.69, 9.17) is 10.5 Å². The zero-order chi connectivity index (χ0) is 13.0. The van der Waals surface area contributed by atoms with Gasteiger partial charge in [0, 0.05) is 12.6 Å². The lowest BCUT2D eigenvalue weighted by molar-refractivity contribution is -0.127. The van der Waals surface area contributed by atoms with Gasteiger partial charge >= 0.3 is 0 Å². The highest BCUT2D eigenvalue weighted by atomic mass is 16.5. The lowest BCUT2D eigenvalue weighted by Crippen LogP contribution is -2.36. The summed E-state index contributed by atoms with van der Waals surface area (Å²) >= 11 is 0. The van der Waals surface area contributed by atoms with E-state index in [1.807, 2.05) is 31.2 Å². The van der Waals surface area contributed by atoms with E-state index in [9.17, 15) is 4.79 Å². The Morgan fingerprint density at radius 1 is 1.44 bits per heavy atom. The van der Waals surface area contributed by atoms with Gasteiger partial charge in [0.05, 0.1) is 0 Å². The van der Waals surface area contributed by atoms with Crippen LogP contribution in [0.5, 0.6) is 5.75 Å². The molecule has 1 aliphatic heterocycles. The maximum absolute atomic E-state index is 11.8. The molecule has 1 fully saturated rings. The van der Waals surface area contributed by atoms with Crippen molar-refractivity contribution in [1.82, 2.24) is 5.32 Å². The van der Waals surface area contributed by atoms with Crippen molar-refractivity contribution in [3.63, 3.8) is 0 Å². The monoisotopic (exact) mass is 248 g/mol. The maximum atomic E-state index is 11.8. The van der Waals surface area contributed by atoms with E-state index in [1.54, 1.807) is 0 Å². The van der Waals surface area contributed by atoms with Crippen LogP contribution in [0.1, 0.15) is 37.8 Å². The SMILES string of the molecule is C[C@@H](N)c1cccc(OC2CCCCNC2=O)c1. The van der Waals surface area contributed by atoms with E-state index in [-0.39, 0.29) is 18.1 Å². The molecule has 1 aliphatic rings. The number of amides is 1. The van der Waals surface area contributed by atoms with Crippen molar-refractivity contribution in [2.24, 2.45) is 5.73 Å². The van der Waals surface area contributed by atoms with Crippen molar-refractivity contribution >= 4 is 5.91 Å². The summed E-state index contributed by atoms with van der Waals surface area (Å²) in [4.78, 5) is 11.8. The van der Waals surface area contributed by atoms with E-state index < -0.39 is 0 Å². The number of ether oxygens (including phenoxy) is 1. The third-order valence-corrected chi connectivity index (χ3v) is 3.15. The summed E-state index contributed by atoms with van der Waals surface area (Å²) in [7, 11) is 0. The third kappa shape index (κ3) is 3.23. The Morgan fingerprint density at radius 3 is 3.06 bits per heavy atom. The summed E-state index contributed by atoms with van der Waals surface area (Å²) in [5.41, 5.74) is 6.85. The molecule has 0 bridgehead atoms. The van der Waals surface area contributed by atoms with Gasteiger partial charge in [0.25, 0.3) is 5.91 Å². The van der Waals surface area contributed by atoms with Crippen LogP contribution in [-0.4, -0.2) is 18.6 Å². The molecule has 0 aromatic heterocycles. The van der Waals surface area contributed by atoms with E-state index in [1.165, 1.54) is 0 Å². The first-order chi connectivity index (χ1) is 8.66. The second kappa shape index (κ2) is 5.87. The van der Waals surface area contributed by atoms with Gasteiger partial charge in [0.15, 0.2) is 6.10 Å². The highest BCUT2D eigenvalue weighted by Gasteiger charge is 2.22. The van der Waals surface area contributed by atoms with Gasteiger partial charge in [-0.2, -0.15) is 0 Å². The molecule has 0 saturated carbocycles. The van der Waals surface area contributed by atoms with Gasteiger partial charge < -0.3 is 15.8 Å². The predicted octanol–water partition coefficient (Wildman–Crippen LogP) is 1.75. The Bertz CT molecular complexity index is 418. The summed E-state index contributed by atoms with van der Waals surface area (Å²) in [6.07, 6.45) is 2.42. The van der Waals surface area contributed by atoms with Crippen LogP contribution in [0.2, 0.25) is 0 Å². The Hall–Kier alpha value is -1.55. The minimum atomic E-state index is -0.379. The normalized spacial score (nSPS) is 21.9. The van der Waals surface area contributed by atoms with Crippen LogP contribution in [0, 0.1) is 0 Å². The Morgan fingerprint density at radius 2 is 2.28 bits per heavy atom. The highest BCUT2D eigenvalue weighted by molar-refractivity contribution is 5.81. The molecular formula is C14H20N2O2. The Kier molecular flexibility index (Phi) is 4.20. The second-order valence-electron chi connectivity index (χ2n) is 4.75. The van der Waals surface area contributed by atoms with Crippen molar-refractivity contribution in [1.29, 1.82) is 0 Å². The second-order valence-corrected chi connectivity index (χ2v) is 4.75. The molecule has 4 nitrogen and oxygen atoms in total. The van der Waals surface area contributed by atoms with Gasteiger partial charge in [-0.15, -0.1) is 0 Å². The van der Waals surface area contributed by atoms with Gasteiger partial charge in [0.2, 0.25) is 0 Å². The zero-order valence-corrected chi connectivity index (χ0v) is 10.7. The number of hydrogen-bond donors (Lipinski definition) is 2. The van der Waals surface area contributed by atoms with Gasteiger partial charge in [-0.05, 0) is 43.9 Å². The summed E-state index contributed by atoms with van der Waals surface area (Å²) in [5.74, 6) is 0.700. The van der Waals surface area contributed by atoms with Crippen molar-refractivity contribution in [3.8, 4) is 5.75 Å². The van der Waals surface area contributed by atoms with Crippen LogP contribution in [0.15, 0.2) is 24.3 Å². The summed E-state index contributed by atoms with van der Waals surface area (Å²) in [6, 6.07) is 7.61. The molecule has 18 heavy (non-hydrogen) atoms. The summed E-state index contributed by atoms with van der Waals surface area (Å²) in [5, 5.41) is 2.86. The van der Waals surface area contributed by atoms with Gasteiger partial charge in [-0.1, -0.05) is 12.1 Å². The van der Waals surface area contributed by atoms with Crippen LogP contribution < -0.4 is 15.8 Å². The van der Waals surface area contributed by atoms with Crippen molar-refractivity contribution < 1.29 is 9.53 Å². The molecule has 1 unspecified atom stereocenters. The molecule has 4 heteroatoms. The Labute approximate surface area is 108 Å². The predicted molar refractivity (Wildman–Crippen MR) is 70.3 cm³/mol. The topological polar surface area (TPSA) is 64.3 Å². The maximum Gasteiger partial charge on any atom is 0.261 e. The van der Waals surface area contributed by atoms with Crippen LogP contribution in [0.3, 0.4) is 0 Å². The average molecular weight is 248 g/mol. The van der Waals surface area contributed by atoms with Crippen molar-refractivity contribution in [2.75, 3.05) is 6.54 Å². The first-order valence-electron chi connectivity index (χ1n) is 6.47. The third-order valence-electron chi connectivity index (χ3n) is 3.15. The molecule has 1 amide bonds. The number of hydrogen-bond acceptors (Lipinski definition) is 3. The number of benzene rings is 1. The molecule has 0 spiro atoms. The smallest absolute Gasteiger partial charge is 0.261 e. The first kappa shape index (κ1) is 12.9. The van der Waals surface area contributed by atoms with E-state index >= 15 is 0 Å². The summed E-state index contributed by atoms with van der Waals surface area (Å²) < 4.78 is 5.77. The molecule has 2 atom stereocenters. The van der Waals surface area contributed by atoms with Gasteiger partial charge in [0.1, 0.15) is 5.75 Å². The number of carbonyl (C=O) groups is 1. The Balaban J connectivity index is 2.07. The molecule has 0 radical (unpaired) electrons. The van der Waals surface area contributed by atoms with E-state index in [2.05, 4.69) is 5.32 Å². The van der Waals surface area contributed by atoms with Crippen LogP contribution in [0.25, 0.3) is 0 Å². The van der Waals surface area contributed by atoms with Crippen LogP contribution in [-0.2, 0) is 4.79 Å². The molecule has 1 aromatic carbocycles. The fraction of sp³-hybridized carbons (Fsp3) is 0.500. The molecule has 1 heterocycles. The molecule has 3 N–H and O–H groups in total. The van der Waals surface area contributed by atoms with Gasteiger partial charge in [-0.3, -0.25) is 4.79 Å². The minimum absolute atomic E-state index is 0.0151. The lowest BCUT2D eigenvalue weighted by atomic mass is 10.1. The number of rotatable bonds is 3. The van der Waals surface area contributed by atoms with E-state index in [0.29, 0.717) is 5.75 Å². The largest absolute Gasteiger partial charge is 0.481 e. The molecule has 1 saturated heterocycles. The first-order valence-corrected chi connectivity index (χ1v) is 6.47. The molecule has 98 valence electrons. The highest BCUT2D eigenvalue weighted by Crippen LogP contribution is 2.20. The quantitative estimate of drug-likeness (QED) is 0.856. The number of nitrogens with two attached hydrogens (primary N) is 1. The lowest BCUT2D eigenvalue weighted by Gasteiger charge is -2.17. The number of carbonyl (C=O) groups excluding carboxylic acids is 1. The van der Waals surface area contributed by atoms with E-state index in [0.717, 1.165) is 31.4 Å². The average Bonchev–Trinajstić information content (AvgIpc) is 2.55. The van der Waals surface area contributed by atoms with Crippen molar-refractivity contribution in [2.45, 2.75) is 38.3 Å². The van der Waals surface area contributed by atoms with Crippen LogP contribution >= 0.6 is 0 Å². The standard InChI is InChI=1S/C14H20N2O2/c1-10(15)11-5-4-6-12(9-11)18-13-7-2-3-8-16-14(13)17/h4-6,9-10,13H,2-3,7-8,15H2,1H3,(H,16,17)/t10-,13?/m1/s1. The van der Waals surface area contributed by atoms with Crippen LogP contribution in [0.4, 0.5) is 0 Å². The fourth-order valence-electron chi connectivity index (χ4n) is 2.06. The fourth-order valence-corrected chi connectivity index (χ4v) is 2.06.